The third-order valence-corrected chi connectivity index (χ3v) is 4.05. The first-order valence-corrected chi connectivity index (χ1v) is 9.00. The van der Waals surface area contributed by atoms with Gasteiger partial charge < -0.3 is 20.3 Å². The number of benzene rings is 1. The number of nitrogens with one attached hydrogen (secondary N) is 2. The van der Waals surface area contributed by atoms with Crippen LogP contribution in [0.15, 0.2) is 24.3 Å². The minimum absolute atomic E-state index is 0.131. The number of anilines is 1. The lowest BCUT2D eigenvalue weighted by molar-refractivity contribution is -0.117. The lowest BCUT2D eigenvalue weighted by Gasteiger charge is -2.35. The molecule has 1 aliphatic rings. The highest BCUT2D eigenvalue weighted by atomic mass is 16.6. The molecule has 148 valence electrons. The summed E-state index contributed by atoms with van der Waals surface area (Å²) in [6, 6.07) is 6.72. The van der Waals surface area contributed by atoms with E-state index in [4.69, 9.17) is 4.74 Å². The molecule has 0 unspecified atom stereocenters. The normalized spacial score (nSPS) is 15.2. The number of amides is 3. The van der Waals surface area contributed by atoms with Crippen molar-refractivity contribution in [1.29, 1.82) is 0 Å². The number of nitrogens with zero attached hydrogens (tertiary/aromatic N) is 2. The minimum Gasteiger partial charge on any atom is -0.444 e. The van der Waals surface area contributed by atoms with Crippen molar-refractivity contribution >= 4 is 23.6 Å². The molecule has 0 atom stereocenters. The van der Waals surface area contributed by atoms with Crippen LogP contribution in [0.25, 0.3) is 0 Å². The van der Waals surface area contributed by atoms with Crippen LogP contribution < -0.4 is 10.6 Å². The number of hydrogen-bond donors (Lipinski definition) is 2. The number of carbonyl (C=O) groups excluding carboxylic acids is 3. The van der Waals surface area contributed by atoms with Gasteiger partial charge in [-0.05, 0) is 45.0 Å². The Morgan fingerprint density at radius 2 is 1.63 bits per heavy atom. The molecule has 2 rings (SSSR count). The summed E-state index contributed by atoms with van der Waals surface area (Å²) >= 11 is 0. The molecule has 0 aromatic heterocycles. The van der Waals surface area contributed by atoms with Gasteiger partial charge in [-0.25, -0.2) is 4.79 Å². The molecule has 0 radical (unpaired) electrons. The molecule has 2 N–H and O–H groups in total. The Morgan fingerprint density at radius 1 is 1.04 bits per heavy atom. The fourth-order valence-corrected chi connectivity index (χ4v) is 2.67. The van der Waals surface area contributed by atoms with Gasteiger partial charge in [0.1, 0.15) is 5.60 Å². The van der Waals surface area contributed by atoms with E-state index in [-0.39, 0.29) is 24.5 Å². The van der Waals surface area contributed by atoms with Crippen LogP contribution in [0.1, 0.15) is 31.1 Å². The second-order valence-electron chi connectivity index (χ2n) is 7.45. The Morgan fingerprint density at radius 3 is 2.15 bits per heavy atom. The maximum absolute atomic E-state index is 12.2. The summed E-state index contributed by atoms with van der Waals surface area (Å²) in [6.45, 7) is 8.06. The third kappa shape index (κ3) is 6.56. The topological polar surface area (TPSA) is 91.0 Å². The highest BCUT2D eigenvalue weighted by molar-refractivity contribution is 5.96. The maximum atomic E-state index is 12.2. The molecule has 27 heavy (non-hydrogen) atoms. The lowest BCUT2D eigenvalue weighted by atomic mass is 10.2. The summed E-state index contributed by atoms with van der Waals surface area (Å²) in [6.07, 6.45) is -0.317. The summed E-state index contributed by atoms with van der Waals surface area (Å²) in [5.74, 6) is -0.302. The lowest BCUT2D eigenvalue weighted by Crippen LogP contribution is -2.51. The molecular formula is C19H28N4O4. The number of piperazine rings is 1. The standard InChI is InChI=1S/C19H28N4O4/c1-19(2,3)27-18(26)23-11-9-22(10-12-23)13-16(24)21-15-7-5-14(6-8-15)17(25)20-4/h5-8H,9-13H2,1-4H3,(H,20,25)(H,21,24). The Kier molecular flexibility index (Phi) is 6.79. The third-order valence-electron chi connectivity index (χ3n) is 4.05. The summed E-state index contributed by atoms with van der Waals surface area (Å²) in [7, 11) is 1.57. The zero-order chi connectivity index (χ0) is 20.0. The van der Waals surface area contributed by atoms with E-state index in [9.17, 15) is 14.4 Å². The van der Waals surface area contributed by atoms with E-state index in [2.05, 4.69) is 10.6 Å². The fourth-order valence-electron chi connectivity index (χ4n) is 2.67. The van der Waals surface area contributed by atoms with Crippen molar-refractivity contribution < 1.29 is 19.1 Å². The molecular weight excluding hydrogens is 348 g/mol. The van der Waals surface area contributed by atoms with Crippen molar-refractivity contribution in [2.45, 2.75) is 26.4 Å². The first kappa shape index (κ1) is 20.7. The molecule has 1 aromatic carbocycles. The summed E-state index contributed by atoms with van der Waals surface area (Å²) in [5, 5.41) is 5.37. The van der Waals surface area contributed by atoms with Crippen LogP contribution in [0.3, 0.4) is 0 Å². The molecule has 3 amide bonds. The second kappa shape index (κ2) is 8.85. The smallest absolute Gasteiger partial charge is 0.410 e. The van der Waals surface area contributed by atoms with Gasteiger partial charge in [0.2, 0.25) is 5.91 Å². The van der Waals surface area contributed by atoms with Gasteiger partial charge in [-0.2, -0.15) is 0 Å². The maximum Gasteiger partial charge on any atom is 0.410 e. The SMILES string of the molecule is CNC(=O)c1ccc(NC(=O)CN2CCN(C(=O)OC(C)(C)C)CC2)cc1. The molecule has 0 aliphatic carbocycles. The van der Waals surface area contributed by atoms with Crippen molar-refractivity contribution in [3.63, 3.8) is 0 Å². The minimum atomic E-state index is -0.512. The Hall–Kier alpha value is -2.61. The van der Waals surface area contributed by atoms with Crippen LogP contribution in [0.2, 0.25) is 0 Å². The number of carbonyl (C=O) groups is 3. The number of hydrogen-bond acceptors (Lipinski definition) is 5. The summed E-state index contributed by atoms with van der Waals surface area (Å²) < 4.78 is 5.37. The van der Waals surface area contributed by atoms with E-state index in [1.807, 2.05) is 25.7 Å². The van der Waals surface area contributed by atoms with E-state index >= 15 is 0 Å². The molecule has 0 saturated carbocycles. The Bertz CT molecular complexity index is 674. The predicted octanol–water partition coefficient (Wildman–Crippen LogP) is 1.54. The monoisotopic (exact) mass is 376 g/mol. The summed E-state index contributed by atoms with van der Waals surface area (Å²) in [4.78, 5) is 39.5. The molecule has 8 heteroatoms. The van der Waals surface area contributed by atoms with Crippen molar-refractivity contribution in [3.8, 4) is 0 Å². The van der Waals surface area contributed by atoms with Gasteiger partial charge in [0, 0.05) is 44.5 Å². The molecule has 8 nitrogen and oxygen atoms in total. The van der Waals surface area contributed by atoms with Crippen LogP contribution in [-0.4, -0.2) is 73.1 Å². The summed E-state index contributed by atoms with van der Waals surface area (Å²) in [5.41, 5.74) is 0.662. The van der Waals surface area contributed by atoms with E-state index in [1.54, 1.807) is 36.2 Å². The van der Waals surface area contributed by atoms with Gasteiger partial charge in [-0.15, -0.1) is 0 Å². The van der Waals surface area contributed by atoms with Crippen molar-refractivity contribution in [3.05, 3.63) is 29.8 Å². The van der Waals surface area contributed by atoms with Crippen molar-refractivity contribution in [1.82, 2.24) is 15.1 Å². The fraction of sp³-hybridized carbons (Fsp3) is 0.526. The van der Waals surface area contributed by atoms with Gasteiger partial charge in [0.25, 0.3) is 5.91 Å². The van der Waals surface area contributed by atoms with Crippen LogP contribution >= 0.6 is 0 Å². The van der Waals surface area contributed by atoms with E-state index in [0.717, 1.165) is 0 Å². The quantitative estimate of drug-likeness (QED) is 0.832. The molecule has 1 saturated heterocycles. The highest BCUT2D eigenvalue weighted by Gasteiger charge is 2.26. The largest absolute Gasteiger partial charge is 0.444 e. The molecule has 1 aromatic rings. The van der Waals surface area contributed by atoms with Gasteiger partial charge in [0.15, 0.2) is 0 Å². The van der Waals surface area contributed by atoms with Gasteiger partial charge >= 0.3 is 6.09 Å². The molecule has 1 aliphatic heterocycles. The number of ether oxygens (including phenoxy) is 1. The molecule has 0 bridgehead atoms. The van der Waals surface area contributed by atoms with Crippen LogP contribution in [0, 0.1) is 0 Å². The predicted molar refractivity (Wildman–Crippen MR) is 103 cm³/mol. The zero-order valence-corrected chi connectivity index (χ0v) is 16.4. The van der Waals surface area contributed by atoms with Gasteiger partial charge in [0.05, 0.1) is 6.54 Å². The van der Waals surface area contributed by atoms with Crippen molar-refractivity contribution in [2.24, 2.45) is 0 Å². The first-order chi connectivity index (χ1) is 12.7. The van der Waals surface area contributed by atoms with Crippen LogP contribution in [-0.2, 0) is 9.53 Å². The second-order valence-corrected chi connectivity index (χ2v) is 7.45. The van der Waals surface area contributed by atoms with Gasteiger partial charge in [-0.3, -0.25) is 14.5 Å². The zero-order valence-electron chi connectivity index (χ0n) is 16.4. The highest BCUT2D eigenvalue weighted by Crippen LogP contribution is 2.13. The first-order valence-electron chi connectivity index (χ1n) is 9.00. The average molecular weight is 376 g/mol. The molecule has 1 fully saturated rings. The van der Waals surface area contributed by atoms with Crippen molar-refractivity contribution in [2.75, 3.05) is 45.1 Å². The average Bonchev–Trinajstić information content (AvgIpc) is 2.60. The molecule has 1 heterocycles. The van der Waals surface area contributed by atoms with E-state index < -0.39 is 5.60 Å². The Labute approximate surface area is 159 Å². The van der Waals surface area contributed by atoms with Gasteiger partial charge in [-0.1, -0.05) is 0 Å². The Balaban J connectivity index is 1.77. The molecule has 0 spiro atoms. The number of rotatable bonds is 4. The van der Waals surface area contributed by atoms with Crippen LogP contribution in [0.5, 0.6) is 0 Å². The van der Waals surface area contributed by atoms with Crippen LogP contribution in [0.4, 0.5) is 10.5 Å². The van der Waals surface area contributed by atoms with E-state index in [1.165, 1.54) is 0 Å². The van der Waals surface area contributed by atoms with E-state index in [0.29, 0.717) is 37.4 Å².